The van der Waals surface area contributed by atoms with Crippen LogP contribution in [-0.2, 0) is 16.1 Å². The Labute approximate surface area is 119 Å². The molecule has 7 heteroatoms. The molecule has 0 radical (unpaired) electrons. The molecule has 2 rings (SSSR count). The summed E-state index contributed by atoms with van der Waals surface area (Å²) in [5.41, 5.74) is 0.552. The van der Waals surface area contributed by atoms with Gasteiger partial charge in [-0.05, 0) is 27.8 Å². The van der Waals surface area contributed by atoms with E-state index in [0.717, 1.165) is 11.1 Å². The predicted molar refractivity (Wildman–Crippen MR) is 74.0 cm³/mol. The van der Waals surface area contributed by atoms with Crippen molar-refractivity contribution in [2.24, 2.45) is 5.41 Å². The smallest absolute Gasteiger partial charge is 0.327 e. The van der Waals surface area contributed by atoms with E-state index in [1.165, 1.54) is 7.11 Å². The van der Waals surface area contributed by atoms with Gasteiger partial charge in [0, 0.05) is 6.04 Å². The molecule has 104 valence electrons. The Kier molecular flexibility index (Phi) is 3.66. The maximum absolute atomic E-state index is 12.0. The zero-order chi connectivity index (χ0) is 14.2. The van der Waals surface area contributed by atoms with Crippen molar-refractivity contribution < 1.29 is 9.53 Å². The summed E-state index contributed by atoms with van der Waals surface area (Å²) in [6.07, 6.45) is 2.60. The normalized spacial score (nSPS) is 19.9. The van der Waals surface area contributed by atoms with Crippen molar-refractivity contribution in [3.05, 3.63) is 21.0 Å². The number of nitrogens with zero attached hydrogens (tertiary/aromatic N) is 2. The van der Waals surface area contributed by atoms with Crippen LogP contribution < -0.4 is 10.9 Å². The first-order valence-electron chi connectivity index (χ1n) is 5.94. The maximum Gasteiger partial charge on any atom is 0.327 e. The molecule has 0 aromatic carbocycles. The fraction of sp³-hybridized carbons (Fsp3) is 0.583. The minimum atomic E-state index is -0.509. The average Bonchev–Trinajstić information content (AvgIpc) is 2.96. The summed E-state index contributed by atoms with van der Waals surface area (Å²) in [7, 11) is 1.27. The van der Waals surface area contributed by atoms with Gasteiger partial charge in [0.2, 0.25) is 0 Å². The van der Waals surface area contributed by atoms with Gasteiger partial charge in [-0.2, -0.15) is 5.10 Å². The molecule has 1 unspecified atom stereocenters. The van der Waals surface area contributed by atoms with Crippen LogP contribution in [0.1, 0.15) is 20.3 Å². The molecule has 1 atom stereocenters. The van der Waals surface area contributed by atoms with Crippen molar-refractivity contribution in [1.82, 2.24) is 9.78 Å². The third-order valence-corrected chi connectivity index (χ3v) is 4.10. The number of hydrogen-bond acceptors (Lipinski definition) is 5. The second kappa shape index (κ2) is 4.96. The zero-order valence-corrected chi connectivity index (χ0v) is 12.7. The number of aromatic nitrogens is 2. The van der Waals surface area contributed by atoms with Crippen LogP contribution in [0.5, 0.6) is 0 Å². The van der Waals surface area contributed by atoms with E-state index >= 15 is 0 Å². The molecule has 1 aromatic heterocycles. The highest BCUT2D eigenvalue weighted by atomic mass is 79.9. The van der Waals surface area contributed by atoms with Crippen LogP contribution >= 0.6 is 15.9 Å². The highest BCUT2D eigenvalue weighted by molar-refractivity contribution is 9.10. The molecule has 0 amide bonds. The van der Waals surface area contributed by atoms with Gasteiger partial charge in [0.25, 0.3) is 5.56 Å². The Morgan fingerprint density at radius 2 is 2.32 bits per heavy atom. The molecule has 1 heterocycles. The quantitative estimate of drug-likeness (QED) is 0.845. The first-order chi connectivity index (χ1) is 8.85. The number of nitrogens with one attached hydrogen (secondary N) is 1. The van der Waals surface area contributed by atoms with Crippen molar-refractivity contribution in [1.29, 1.82) is 0 Å². The standard InChI is InChI=1S/C12H16BrN3O3/c1-12(2)4-8(12)15-7-5-14-16(6-9(17)19-3)11(18)10(7)13/h5,8,15H,4,6H2,1-3H3. The predicted octanol–water partition coefficient (Wildman–Crippen LogP) is 1.39. The van der Waals surface area contributed by atoms with Gasteiger partial charge in [0.05, 0.1) is 19.0 Å². The number of methoxy groups -OCH3 is 1. The van der Waals surface area contributed by atoms with Crippen molar-refractivity contribution in [2.45, 2.75) is 32.9 Å². The summed E-state index contributed by atoms with van der Waals surface area (Å²) in [6, 6.07) is 0.349. The SMILES string of the molecule is COC(=O)Cn1ncc(NC2CC2(C)C)c(Br)c1=O. The van der Waals surface area contributed by atoms with E-state index in [2.05, 4.69) is 44.9 Å². The lowest BCUT2D eigenvalue weighted by atomic mass is 10.2. The number of esters is 1. The summed E-state index contributed by atoms with van der Waals surface area (Å²) in [4.78, 5) is 23.2. The van der Waals surface area contributed by atoms with E-state index in [1.807, 2.05) is 0 Å². The topological polar surface area (TPSA) is 73.2 Å². The van der Waals surface area contributed by atoms with Gasteiger partial charge in [-0.3, -0.25) is 9.59 Å². The number of anilines is 1. The summed E-state index contributed by atoms with van der Waals surface area (Å²) in [6.45, 7) is 4.12. The van der Waals surface area contributed by atoms with Crippen molar-refractivity contribution in [3.63, 3.8) is 0 Å². The van der Waals surface area contributed by atoms with Crippen LogP contribution in [0.15, 0.2) is 15.5 Å². The lowest BCUT2D eigenvalue weighted by molar-refractivity contribution is -0.141. The van der Waals surface area contributed by atoms with Crippen LogP contribution in [0.4, 0.5) is 5.69 Å². The van der Waals surface area contributed by atoms with E-state index < -0.39 is 5.97 Å². The van der Waals surface area contributed by atoms with E-state index in [-0.39, 0.29) is 17.5 Å². The van der Waals surface area contributed by atoms with E-state index in [4.69, 9.17) is 0 Å². The van der Waals surface area contributed by atoms with Crippen molar-refractivity contribution >= 4 is 27.6 Å². The second-order valence-electron chi connectivity index (χ2n) is 5.30. The fourth-order valence-corrected chi connectivity index (χ4v) is 2.19. The molecule has 1 N–H and O–H groups in total. The Bertz CT molecular complexity index is 568. The van der Waals surface area contributed by atoms with Gasteiger partial charge in [-0.25, -0.2) is 4.68 Å². The van der Waals surface area contributed by atoms with Crippen LogP contribution in [0.3, 0.4) is 0 Å². The average molecular weight is 330 g/mol. The molecule has 1 saturated carbocycles. The van der Waals surface area contributed by atoms with Gasteiger partial charge < -0.3 is 10.1 Å². The molecule has 6 nitrogen and oxygen atoms in total. The van der Waals surface area contributed by atoms with Crippen molar-refractivity contribution in [2.75, 3.05) is 12.4 Å². The van der Waals surface area contributed by atoms with E-state index in [1.54, 1.807) is 6.20 Å². The first kappa shape index (κ1) is 14.0. The monoisotopic (exact) mass is 329 g/mol. The summed E-state index contributed by atoms with van der Waals surface area (Å²) in [5.74, 6) is -0.509. The van der Waals surface area contributed by atoms with Crippen LogP contribution in [0.25, 0.3) is 0 Å². The highest BCUT2D eigenvalue weighted by Gasteiger charge is 2.45. The molecule has 19 heavy (non-hydrogen) atoms. The number of rotatable bonds is 4. The Morgan fingerprint density at radius 1 is 1.68 bits per heavy atom. The molecular weight excluding hydrogens is 314 g/mol. The molecule has 0 spiro atoms. The second-order valence-corrected chi connectivity index (χ2v) is 6.09. The van der Waals surface area contributed by atoms with E-state index in [0.29, 0.717) is 16.2 Å². The van der Waals surface area contributed by atoms with Crippen LogP contribution in [0, 0.1) is 5.41 Å². The summed E-state index contributed by atoms with van der Waals surface area (Å²) >= 11 is 3.25. The van der Waals surface area contributed by atoms with Crippen molar-refractivity contribution in [3.8, 4) is 0 Å². The van der Waals surface area contributed by atoms with E-state index in [9.17, 15) is 9.59 Å². The maximum atomic E-state index is 12.0. The highest BCUT2D eigenvalue weighted by Crippen LogP contribution is 2.46. The third kappa shape index (κ3) is 2.97. The largest absolute Gasteiger partial charge is 0.468 e. The summed E-state index contributed by atoms with van der Waals surface area (Å²) < 4.78 is 5.96. The minimum Gasteiger partial charge on any atom is -0.468 e. The molecule has 0 saturated heterocycles. The zero-order valence-electron chi connectivity index (χ0n) is 11.1. The van der Waals surface area contributed by atoms with Gasteiger partial charge in [-0.15, -0.1) is 0 Å². The Morgan fingerprint density at radius 3 is 2.84 bits per heavy atom. The fourth-order valence-electron chi connectivity index (χ4n) is 1.77. The van der Waals surface area contributed by atoms with Crippen LogP contribution in [0.2, 0.25) is 0 Å². The minimum absolute atomic E-state index is 0.191. The molecule has 1 aromatic rings. The third-order valence-electron chi connectivity index (χ3n) is 3.33. The molecule has 1 aliphatic carbocycles. The molecular formula is C12H16BrN3O3. The van der Waals surface area contributed by atoms with Gasteiger partial charge in [0.15, 0.2) is 0 Å². The first-order valence-corrected chi connectivity index (χ1v) is 6.73. The number of ether oxygens (including phenoxy) is 1. The van der Waals surface area contributed by atoms with Gasteiger partial charge in [0.1, 0.15) is 11.0 Å². The molecule has 1 aliphatic rings. The Balaban J connectivity index is 2.18. The molecule has 0 bridgehead atoms. The van der Waals surface area contributed by atoms with Gasteiger partial charge >= 0.3 is 5.97 Å². The van der Waals surface area contributed by atoms with Gasteiger partial charge in [-0.1, -0.05) is 13.8 Å². The molecule has 0 aliphatic heterocycles. The van der Waals surface area contributed by atoms with Crippen LogP contribution in [-0.4, -0.2) is 28.9 Å². The lowest BCUT2D eigenvalue weighted by Crippen LogP contribution is -2.28. The lowest BCUT2D eigenvalue weighted by Gasteiger charge is -2.11. The Hall–Kier alpha value is -1.37. The number of carbonyl (C=O) groups excluding carboxylic acids is 1. The summed E-state index contributed by atoms with van der Waals surface area (Å²) in [5, 5.41) is 7.24. The number of carbonyl (C=O) groups is 1. The molecule has 1 fully saturated rings. The number of hydrogen-bond donors (Lipinski definition) is 1. The number of halogens is 1.